The number of carbonyl (C=O) groups is 1. The highest BCUT2D eigenvalue weighted by atomic mass is 35.5. The average Bonchev–Trinajstić information content (AvgIpc) is 3.37. The quantitative estimate of drug-likeness (QED) is 0.881. The summed E-state index contributed by atoms with van der Waals surface area (Å²) >= 11 is 0. The number of halogens is 1. The molecule has 0 aliphatic carbocycles. The van der Waals surface area contributed by atoms with E-state index in [0.717, 1.165) is 45.6 Å². The van der Waals surface area contributed by atoms with Crippen molar-refractivity contribution in [3.05, 3.63) is 18.0 Å². The minimum Gasteiger partial charge on any atom is -0.337 e. The van der Waals surface area contributed by atoms with Crippen molar-refractivity contribution in [1.29, 1.82) is 0 Å². The maximum Gasteiger partial charge on any atom is 0.274 e. The summed E-state index contributed by atoms with van der Waals surface area (Å²) in [6.07, 6.45) is 8.10. The van der Waals surface area contributed by atoms with Crippen LogP contribution in [0.15, 0.2) is 12.3 Å². The first-order chi connectivity index (χ1) is 11.8. The maximum absolute atomic E-state index is 12.7. The van der Waals surface area contributed by atoms with Gasteiger partial charge in [-0.05, 0) is 63.7 Å². The molecule has 1 amide bonds. The van der Waals surface area contributed by atoms with Crippen LogP contribution in [0.4, 0.5) is 0 Å². The topological polar surface area (TPSA) is 53.4 Å². The van der Waals surface area contributed by atoms with Crippen molar-refractivity contribution < 1.29 is 4.79 Å². The van der Waals surface area contributed by atoms with Crippen molar-refractivity contribution in [3.8, 4) is 0 Å². The molecule has 6 nitrogen and oxygen atoms in total. The Kier molecular flexibility index (Phi) is 6.36. The molecule has 3 fully saturated rings. The number of hydrogen-bond acceptors (Lipinski definition) is 4. The molecule has 0 saturated carbocycles. The summed E-state index contributed by atoms with van der Waals surface area (Å²) in [7, 11) is 0. The summed E-state index contributed by atoms with van der Waals surface area (Å²) in [5, 5.41) is 7.99. The molecule has 0 radical (unpaired) electrons. The Hall–Kier alpha value is -1.11. The molecule has 1 N–H and O–H groups in total. The van der Waals surface area contributed by atoms with Gasteiger partial charge >= 0.3 is 0 Å². The van der Waals surface area contributed by atoms with Crippen molar-refractivity contribution in [3.63, 3.8) is 0 Å². The smallest absolute Gasteiger partial charge is 0.274 e. The predicted molar refractivity (Wildman–Crippen MR) is 100 cm³/mol. The van der Waals surface area contributed by atoms with Gasteiger partial charge < -0.3 is 15.1 Å². The summed E-state index contributed by atoms with van der Waals surface area (Å²) < 4.78 is 1.98. The van der Waals surface area contributed by atoms with Gasteiger partial charge in [-0.2, -0.15) is 5.10 Å². The second-order valence-electron chi connectivity index (χ2n) is 7.59. The molecule has 25 heavy (non-hydrogen) atoms. The van der Waals surface area contributed by atoms with Crippen LogP contribution in [0.1, 0.15) is 48.6 Å². The molecule has 3 aliphatic heterocycles. The predicted octanol–water partition coefficient (Wildman–Crippen LogP) is 1.79. The fourth-order valence-electron chi connectivity index (χ4n) is 4.37. The van der Waals surface area contributed by atoms with Crippen molar-refractivity contribution in [1.82, 2.24) is 24.9 Å². The van der Waals surface area contributed by atoms with Gasteiger partial charge in [-0.15, -0.1) is 12.4 Å². The first kappa shape index (κ1) is 18.7. The molecule has 4 heterocycles. The summed E-state index contributed by atoms with van der Waals surface area (Å²) in [6, 6.07) is 2.28. The maximum atomic E-state index is 12.7. The van der Waals surface area contributed by atoms with E-state index in [4.69, 9.17) is 0 Å². The number of nitrogens with zero attached hydrogens (tertiary/aromatic N) is 4. The first-order valence-electron chi connectivity index (χ1n) is 9.57. The van der Waals surface area contributed by atoms with Crippen LogP contribution in [0.3, 0.4) is 0 Å². The molecule has 2 atom stereocenters. The fourth-order valence-corrected chi connectivity index (χ4v) is 4.37. The summed E-state index contributed by atoms with van der Waals surface area (Å²) in [5.74, 6) is 0.748. The van der Waals surface area contributed by atoms with Crippen molar-refractivity contribution in [2.45, 2.75) is 38.1 Å². The number of hydrogen-bond donors (Lipinski definition) is 1. The third-order valence-electron chi connectivity index (χ3n) is 5.76. The average molecular weight is 368 g/mol. The van der Waals surface area contributed by atoms with E-state index in [1.807, 2.05) is 21.8 Å². The Morgan fingerprint density at radius 3 is 2.80 bits per heavy atom. The SMILES string of the molecule is Cl.O=C(c1ccn(C2CCCNC2)n1)N1CCC(CN2CCCC2)C1. The lowest BCUT2D eigenvalue weighted by atomic mass is 10.1. The lowest BCUT2D eigenvalue weighted by molar-refractivity contribution is 0.0777. The van der Waals surface area contributed by atoms with Gasteiger partial charge in [0, 0.05) is 32.4 Å². The fraction of sp³-hybridized carbons (Fsp3) is 0.778. The molecule has 2 unspecified atom stereocenters. The van der Waals surface area contributed by atoms with E-state index in [1.54, 1.807) is 0 Å². The van der Waals surface area contributed by atoms with Crippen LogP contribution >= 0.6 is 12.4 Å². The second-order valence-corrected chi connectivity index (χ2v) is 7.59. The molecule has 140 valence electrons. The van der Waals surface area contributed by atoms with Crippen LogP contribution in [0.25, 0.3) is 0 Å². The third-order valence-corrected chi connectivity index (χ3v) is 5.76. The van der Waals surface area contributed by atoms with E-state index in [9.17, 15) is 4.79 Å². The lowest BCUT2D eigenvalue weighted by Gasteiger charge is -2.23. The van der Waals surface area contributed by atoms with Gasteiger partial charge in [-0.1, -0.05) is 0 Å². The van der Waals surface area contributed by atoms with Crippen molar-refractivity contribution in [2.75, 3.05) is 45.8 Å². The molecule has 0 spiro atoms. The molecular weight excluding hydrogens is 338 g/mol. The zero-order valence-electron chi connectivity index (χ0n) is 14.9. The van der Waals surface area contributed by atoms with Gasteiger partial charge in [0.05, 0.1) is 6.04 Å². The third kappa shape index (κ3) is 4.36. The standard InChI is InChI=1S/C18H29N5O.ClH/c24-18(17-6-11-23(20-17)16-4-3-7-19-12-16)22-10-5-15(14-22)13-21-8-1-2-9-21;/h6,11,15-16,19H,1-5,7-10,12-14H2;1H. The molecule has 3 saturated heterocycles. The van der Waals surface area contributed by atoms with Gasteiger partial charge in [0.25, 0.3) is 5.91 Å². The highest BCUT2D eigenvalue weighted by molar-refractivity contribution is 5.92. The molecule has 1 aromatic rings. The molecule has 0 aromatic carbocycles. The van der Waals surface area contributed by atoms with E-state index in [1.165, 1.54) is 32.4 Å². The van der Waals surface area contributed by atoms with E-state index < -0.39 is 0 Å². The van der Waals surface area contributed by atoms with E-state index in [-0.39, 0.29) is 18.3 Å². The zero-order valence-corrected chi connectivity index (χ0v) is 15.7. The molecule has 4 rings (SSSR count). The summed E-state index contributed by atoms with van der Waals surface area (Å²) in [6.45, 7) is 7.47. The minimum atomic E-state index is 0. The molecule has 7 heteroatoms. The van der Waals surface area contributed by atoms with Crippen LogP contribution < -0.4 is 5.32 Å². The van der Waals surface area contributed by atoms with Crippen LogP contribution in [0, 0.1) is 5.92 Å². The number of piperidine rings is 1. The molecular formula is C18H30ClN5O. The number of aromatic nitrogens is 2. The van der Waals surface area contributed by atoms with E-state index in [0.29, 0.717) is 17.7 Å². The lowest BCUT2D eigenvalue weighted by Crippen LogP contribution is -2.33. The number of rotatable bonds is 4. The number of carbonyl (C=O) groups excluding carboxylic acids is 1. The van der Waals surface area contributed by atoms with E-state index in [2.05, 4.69) is 15.3 Å². The Labute approximate surface area is 156 Å². The normalized spacial score (nSPS) is 27.4. The Balaban J connectivity index is 0.00000182. The Morgan fingerprint density at radius 2 is 2.04 bits per heavy atom. The van der Waals surface area contributed by atoms with Gasteiger partial charge in [0.1, 0.15) is 5.69 Å². The van der Waals surface area contributed by atoms with Gasteiger partial charge in [-0.3, -0.25) is 9.48 Å². The van der Waals surface area contributed by atoms with E-state index >= 15 is 0 Å². The first-order valence-corrected chi connectivity index (χ1v) is 9.57. The zero-order chi connectivity index (χ0) is 16.4. The number of nitrogens with one attached hydrogen (secondary N) is 1. The monoisotopic (exact) mass is 367 g/mol. The van der Waals surface area contributed by atoms with Gasteiger partial charge in [0.2, 0.25) is 0 Å². The van der Waals surface area contributed by atoms with Crippen molar-refractivity contribution in [2.24, 2.45) is 5.92 Å². The van der Waals surface area contributed by atoms with Gasteiger partial charge in [0.15, 0.2) is 0 Å². The molecule has 1 aromatic heterocycles. The second kappa shape index (κ2) is 8.52. The highest BCUT2D eigenvalue weighted by Gasteiger charge is 2.30. The largest absolute Gasteiger partial charge is 0.337 e. The Bertz CT molecular complexity index is 566. The molecule has 3 aliphatic rings. The molecule has 0 bridgehead atoms. The Morgan fingerprint density at radius 1 is 1.20 bits per heavy atom. The summed E-state index contributed by atoms with van der Waals surface area (Å²) in [4.78, 5) is 17.3. The van der Waals surface area contributed by atoms with Crippen LogP contribution in [0.5, 0.6) is 0 Å². The summed E-state index contributed by atoms with van der Waals surface area (Å²) in [5.41, 5.74) is 0.613. The van der Waals surface area contributed by atoms with Crippen LogP contribution in [0.2, 0.25) is 0 Å². The number of likely N-dealkylation sites (tertiary alicyclic amines) is 2. The van der Waals surface area contributed by atoms with Crippen LogP contribution in [-0.4, -0.2) is 71.3 Å². The highest BCUT2D eigenvalue weighted by Crippen LogP contribution is 2.22. The van der Waals surface area contributed by atoms with Crippen molar-refractivity contribution >= 4 is 18.3 Å². The minimum absolute atomic E-state index is 0. The number of amides is 1. The van der Waals surface area contributed by atoms with Gasteiger partial charge in [-0.25, -0.2) is 0 Å². The van der Waals surface area contributed by atoms with Crippen LogP contribution in [-0.2, 0) is 0 Å².